The number of benzene rings is 2. The Balaban J connectivity index is 1.80. The minimum absolute atomic E-state index is 0.0286. The molecule has 2 rings (SSSR count). The van der Waals surface area contributed by atoms with E-state index in [1.54, 1.807) is 31.1 Å². The summed E-state index contributed by atoms with van der Waals surface area (Å²) in [4.78, 5) is 13.4. The predicted molar refractivity (Wildman–Crippen MR) is 110 cm³/mol. The Kier molecular flexibility index (Phi) is 6.97. The molecule has 0 spiro atoms. The van der Waals surface area contributed by atoms with Gasteiger partial charge in [0.25, 0.3) is 5.91 Å². The first-order valence-corrected chi connectivity index (χ1v) is 8.84. The van der Waals surface area contributed by atoms with Gasteiger partial charge in [-0.15, -0.1) is 0 Å². The second kappa shape index (κ2) is 9.20. The Bertz CT molecular complexity index is 743. The number of hydrogen-bond acceptors (Lipinski definition) is 3. The highest BCUT2D eigenvalue weighted by Gasteiger charge is 2.09. The molecule has 0 saturated heterocycles. The van der Waals surface area contributed by atoms with Crippen LogP contribution in [0.25, 0.3) is 0 Å². The molecule has 1 atom stereocenters. The van der Waals surface area contributed by atoms with Gasteiger partial charge < -0.3 is 20.3 Å². The highest BCUT2D eigenvalue weighted by Crippen LogP contribution is 2.12. The summed E-state index contributed by atoms with van der Waals surface area (Å²) in [6.45, 7) is 4.54. The van der Waals surface area contributed by atoms with Crippen molar-refractivity contribution in [1.29, 1.82) is 0 Å². The van der Waals surface area contributed by atoms with Gasteiger partial charge in [0.15, 0.2) is 5.11 Å². The molecule has 0 heterocycles. The zero-order valence-corrected chi connectivity index (χ0v) is 16.4. The topological polar surface area (TPSA) is 53.6 Å². The molecule has 26 heavy (non-hydrogen) atoms. The minimum Gasteiger partial charge on any atom is -0.491 e. The third-order valence-corrected chi connectivity index (χ3v) is 3.91. The Morgan fingerprint density at radius 2 is 1.73 bits per heavy atom. The van der Waals surface area contributed by atoms with E-state index in [1.807, 2.05) is 50.2 Å². The number of ether oxygens (including phenoxy) is 1. The maximum Gasteiger partial charge on any atom is 0.253 e. The van der Waals surface area contributed by atoms with Crippen molar-refractivity contribution in [3.05, 3.63) is 59.7 Å². The second-order valence-corrected chi connectivity index (χ2v) is 6.81. The van der Waals surface area contributed by atoms with E-state index >= 15 is 0 Å². The molecule has 0 bridgehead atoms. The summed E-state index contributed by atoms with van der Waals surface area (Å²) in [6, 6.07) is 15.2. The molecule has 0 saturated carbocycles. The minimum atomic E-state index is -0.0286. The lowest BCUT2D eigenvalue weighted by Crippen LogP contribution is -2.39. The number of carbonyl (C=O) groups excluding carboxylic acids is 1. The van der Waals surface area contributed by atoms with E-state index in [0.29, 0.717) is 17.3 Å². The number of thiocarbonyl (C=S) groups is 1. The zero-order chi connectivity index (χ0) is 19.1. The summed E-state index contributed by atoms with van der Waals surface area (Å²) in [5.74, 6) is 0.809. The second-order valence-electron chi connectivity index (χ2n) is 6.40. The smallest absolute Gasteiger partial charge is 0.253 e. The first kappa shape index (κ1) is 19.7. The van der Waals surface area contributed by atoms with Crippen LogP contribution in [-0.4, -0.2) is 42.7 Å². The SMILES string of the molecule is Cc1ccc(OC[C@@H](C)NC(=S)Nc2ccc(C(=O)N(C)C)cc2)cc1. The number of anilines is 1. The van der Waals surface area contributed by atoms with Crippen LogP contribution in [0, 0.1) is 6.92 Å². The van der Waals surface area contributed by atoms with Crippen molar-refractivity contribution in [1.82, 2.24) is 10.2 Å². The number of hydrogen-bond donors (Lipinski definition) is 2. The maximum absolute atomic E-state index is 11.9. The molecule has 138 valence electrons. The highest BCUT2D eigenvalue weighted by atomic mass is 32.1. The molecule has 0 radical (unpaired) electrons. The van der Waals surface area contributed by atoms with Crippen molar-refractivity contribution in [2.45, 2.75) is 19.9 Å². The summed E-state index contributed by atoms with van der Waals surface area (Å²) >= 11 is 5.33. The fourth-order valence-electron chi connectivity index (χ4n) is 2.24. The summed E-state index contributed by atoms with van der Waals surface area (Å²) in [5.41, 5.74) is 2.66. The van der Waals surface area contributed by atoms with Gasteiger partial charge in [-0.25, -0.2) is 0 Å². The van der Waals surface area contributed by atoms with Crippen molar-refractivity contribution in [2.75, 3.05) is 26.0 Å². The molecule has 0 aromatic heterocycles. The quantitative estimate of drug-likeness (QED) is 0.762. The maximum atomic E-state index is 11.9. The molecule has 0 aliphatic heterocycles. The molecular formula is C20H25N3O2S. The fraction of sp³-hybridized carbons (Fsp3) is 0.300. The predicted octanol–water partition coefficient (Wildman–Crippen LogP) is 3.45. The molecule has 0 aliphatic rings. The number of amides is 1. The number of rotatable bonds is 6. The van der Waals surface area contributed by atoms with Gasteiger partial charge in [0.05, 0.1) is 6.04 Å². The van der Waals surface area contributed by atoms with Crippen molar-refractivity contribution in [2.24, 2.45) is 0 Å². The van der Waals surface area contributed by atoms with E-state index in [4.69, 9.17) is 17.0 Å². The van der Waals surface area contributed by atoms with Crippen LogP contribution in [0.15, 0.2) is 48.5 Å². The van der Waals surface area contributed by atoms with Gasteiger partial charge in [-0.2, -0.15) is 0 Å². The largest absolute Gasteiger partial charge is 0.491 e. The van der Waals surface area contributed by atoms with Gasteiger partial charge >= 0.3 is 0 Å². The van der Waals surface area contributed by atoms with E-state index in [1.165, 1.54) is 5.56 Å². The van der Waals surface area contributed by atoms with E-state index < -0.39 is 0 Å². The van der Waals surface area contributed by atoms with Gasteiger partial charge in [-0.3, -0.25) is 4.79 Å². The number of nitrogens with zero attached hydrogens (tertiary/aromatic N) is 1. The first-order chi connectivity index (χ1) is 12.3. The number of carbonyl (C=O) groups is 1. The first-order valence-electron chi connectivity index (χ1n) is 8.44. The fourth-order valence-corrected chi connectivity index (χ4v) is 2.56. The number of aryl methyl sites for hydroxylation is 1. The molecule has 0 unspecified atom stereocenters. The summed E-state index contributed by atoms with van der Waals surface area (Å²) in [6.07, 6.45) is 0. The van der Waals surface area contributed by atoms with Gasteiger partial charge in [0, 0.05) is 25.3 Å². The van der Waals surface area contributed by atoms with Crippen LogP contribution in [0.1, 0.15) is 22.8 Å². The third-order valence-electron chi connectivity index (χ3n) is 3.69. The van der Waals surface area contributed by atoms with E-state index in [2.05, 4.69) is 10.6 Å². The van der Waals surface area contributed by atoms with E-state index in [-0.39, 0.29) is 11.9 Å². The lowest BCUT2D eigenvalue weighted by atomic mass is 10.2. The van der Waals surface area contributed by atoms with Crippen molar-refractivity contribution < 1.29 is 9.53 Å². The lowest BCUT2D eigenvalue weighted by Gasteiger charge is -2.18. The molecule has 1 amide bonds. The molecular weight excluding hydrogens is 346 g/mol. The Morgan fingerprint density at radius 3 is 2.31 bits per heavy atom. The zero-order valence-electron chi connectivity index (χ0n) is 15.6. The molecule has 2 aromatic rings. The normalized spacial score (nSPS) is 11.4. The standard InChI is InChI=1S/C20H25N3O2S/c1-14-5-11-18(12-6-14)25-13-15(2)21-20(26)22-17-9-7-16(8-10-17)19(24)23(3)4/h5-12,15H,13H2,1-4H3,(H2,21,22,26)/t15-/m1/s1. The molecule has 0 fully saturated rings. The van der Waals surface area contributed by atoms with Gasteiger partial charge in [0.1, 0.15) is 12.4 Å². The monoisotopic (exact) mass is 371 g/mol. The molecule has 2 N–H and O–H groups in total. The average molecular weight is 372 g/mol. The third kappa shape index (κ3) is 6.04. The van der Waals surface area contributed by atoms with Crippen LogP contribution >= 0.6 is 12.2 Å². The summed E-state index contributed by atoms with van der Waals surface area (Å²) < 4.78 is 5.75. The van der Waals surface area contributed by atoms with E-state index in [9.17, 15) is 4.79 Å². The molecule has 2 aromatic carbocycles. The lowest BCUT2D eigenvalue weighted by molar-refractivity contribution is 0.0827. The molecule has 6 heteroatoms. The van der Waals surface area contributed by atoms with Gasteiger partial charge in [0.2, 0.25) is 0 Å². The van der Waals surface area contributed by atoms with Gasteiger partial charge in [-0.1, -0.05) is 17.7 Å². The van der Waals surface area contributed by atoms with Crippen LogP contribution in [0.3, 0.4) is 0 Å². The Morgan fingerprint density at radius 1 is 1.12 bits per heavy atom. The van der Waals surface area contributed by atoms with Crippen LogP contribution in [0.2, 0.25) is 0 Å². The summed E-state index contributed by atoms with van der Waals surface area (Å²) in [5, 5.41) is 6.81. The van der Waals surface area contributed by atoms with Crippen molar-refractivity contribution in [3.8, 4) is 5.75 Å². The van der Waals surface area contributed by atoms with Crippen LogP contribution in [0.5, 0.6) is 5.75 Å². The molecule has 0 aliphatic carbocycles. The van der Waals surface area contributed by atoms with Gasteiger partial charge in [-0.05, 0) is 62.5 Å². The van der Waals surface area contributed by atoms with Crippen LogP contribution < -0.4 is 15.4 Å². The van der Waals surface area contributed by atoms with Crippen molar-refractivity contribution >= 4 is 28.9 Å². The van der Waals surface area contributed by atoms with Crippen LogP contribution in [-0.2, 0) is 0 Å². The van der Waals surface area contributed by atoms with Crippen LogP contribution in [0.4, 0.5) is 5.69 Å². The highest BCUT2D eigenvalue weighted by molar-refractivity contribution is 7.80. The molecule has 5 nitrogen and oxygen atoms in total. The van der Waals surface area contributed by atoms with Crippen molar-refractivity contribution in [3.63, 3.8) is 0 Å². The Labute approximate surface area is 160 Å². The number of nitrogens with one attached hydrogen (secondary N) is 2. The average Bonchev–Trinajstić information content (AvgIpc) is 2.61. The summed E-state index contributed by atoms with van der Waals surface area (Å²) in [7, 11) is 3.46. The Hall–Kier alpha value is -2.60. The van der Waals surface area contributed by atoms with E-state index in [0.717, 1.165) is 11.4 Å².